The van der Waals surface area contributed by atoms with Crippen LogP contribution in [0.3, 0.4) is 0 Å². The van der Waals surface area contributed by atoms with Crippen molar-refractivity contribution in [3.63, 3.8) is 0 Å². The molecule has 4 heteroatoms. The van der Waals surface area contributed by atoms with Gasteiger partial charge in [-0.3, -0.25) is 9.36 Å². The predicted octanol–water partition coefficient (Wildman–Crippen LogP) is 5.56. The van der Waals surface area contributed by atoms with Gasteiger partial charge < -0.3 is 0 Å². The maximum absolute atomic E-state index is 12.8. The summed E-state index contributed by atoms with van der Waals surface area (Å²) in [7, 11) is 0. The van der Waals surface area contributed by atoms with E-state index in [2.05, 4.69) is 46.1 Å². The number of hydrogen-bond donors (Lipinski definition) is 0. The second-order valence-corrected chi connectivity index (χ2v) is 7.51. The van der Waals surface area contributed by atoms with Crippen LogP contribution in [0, 0.1) is 13.8 Å². The fourth-order valence-corrected chi connectivity index (χ4v) is 3.99. The lowest BCUT2D eigenvalue weighted by Gasteiger charge is -2.12. The Morgan fingerprint density at radius 2 is 1.54 bits per heavy atom. The van der Waals surface area contributed by atoms with E-state index < -0.39 is 0 Å². The first-order valence-electron chi connectivity index (χ1n) is 9.11. The number of benzene rings is 3. The zero-order chi connectivity index (χ0) is 19.5. The van der Waals surface area contributed by atoms with Crippen molar-refractivity contribution in [1.29, 1.82) is 0 Å². The van der Waals surface area contributed by atoms with Crippen LogP contribution < -0.4 is 4.80 Å². The molecule has 0 aliphatic heterocycles. The molecule has 0 spiro atoms. The standard InChI is InChI=1S/C24H20N2OS/c1-17-12-14-20(15-13-17)23(27)25-24-26(21-11-7-6-8-18(21)2)22(16-28-24)19-9-4-3-5-10-19/h3-16H,1-2H3. The average molecular weight is 385 g/mol. The molecule has 0 aliphatic rings. The molecule has 3 nitrogen and oxygen atoms in total. The fourth-order valence-electron chi connectivity index (χ4n) is 3.09. The number of carbonyl (C=O) groups is 1. The summed E-state index contributed by atoms with van der Waals surface area (Å²) in [5.74, 6) is -0.233. The summed E-state index contributed by atoms with van der Waals surface area (Å²) >= 11 is 1.48. The van der Waals surface area contributed by atoms with Crippen molar-refractivity contribution in [2.24, 2.45) is 4.99 Å². The molecule has 0 N–H and O–H groups in total. The molecule has 0 radical (unpaired) electrons. The Kier molecular flexibility index (Phi) is 5.04. The molecule has 0 saturated carbocycles. The Hall–Kier alpha value is -3.24. The molecule has 4 aromatic rings. The SMILES string of the molecule is Cc1ccc(C(=O)N=c2scc(-c3ccccc3)n2-c2ccccc2C)cc1. The van der Waals surface area contributed by atoms with Gasteiger partial charge in [-0.1, -0.05) is 66.2 Å². The number of aryl methyl sites for hydroxylation is 2. The Balaban J connectivity index is 1.91. The van der Waals surface area contributed by atoms with E-state index in [0.717, 1.165) is 28.1 Å². The van der Waals surface area contributed by atoms with Gasteiger partial charge in [-0.15, -0.1) is 11.3 Å². The van der Waals surface area contributed by atoms with Gasteiger partial charge in [0.15, 0.2) is 4.80 Å². The van der Waals surface area contributed by atoms with Crippen molar-refractivity contribution in [2.45, 2.75) is 13.8 Å². The summed E-state index contributed by atoms with van der Waals surface area (Å²) in [6, 6.07) is 25.8. The van der Waals surface area contributed by atoms with Crippen molar-refractivity contribution in [1.82, 2.24) is 4.57 Å². The number of para-hydroxylation sites is 1. The van der Waals surface area contributed by atoms with Crippen LogP contribution in [0.15, 0.2) is 89.2 Å². The third-order valence-electron chi connectivity index (χ3n) is 4.63. The fraction of sp³-hybridized carbons (Fsp3) is 0.0833. The van der Waals surface area contributed by atoms with E-state index in [1.807, 2.05) is 61.5 Å². The van der Waals surface area contributed by atoms with Gasteiger partial charge in [0, 0.05) is 10.9 Å². The highest BCUT2D eigenvalue weighted by molar-refractivity contribution is 7.07. The molecular weight excluding hydrogens is 364 g/mol. The number of thiazole rings is 1. The minimum absolute atomic E-state index is 0.233. The van der Waals surface area contributed by atoms with Crippen LogP contribution in [0.2, 0.25) is 0 Å². The molecular formula is C24H20N2OS. The van der Waals surface area contributed by atoms with Gasteiger partial charge in [0.25, 0.3) is 5.91 Å². The lowest BCUT2D eigenvalue weighted by molar-refractivity contribution is 0.0998. The van der Waals surface area contributed by atoms with Crippen molar-refractivity contribution in [3.05, 3.63) is 106 Å². The predicted molar refractivity (Wildman–Crippen MR) is 115 cm³/mol. The molecule has 0 atom stereocenters. The van der Waals surface area contributed by atoms with Crippen LogP contribution in [0.4, 0.5) is 0 Å². The number of rotatable bonds is 3. The highest BCUT2D eigenvalue weighted by Gasteiger charge is 2.13. The van der Waals surface area contributed by atoms with E-state index in [0.29, 0.717) is 10.4 Å². The van der Waals surface area contributed by atoms with Crippen LogP contribution in [0.25, 0.3) is 16.9 Å². The van der Waals surface area contributed by atoms with Gasteiger partial charge >= 0.3 is 0 Å². The van der Waals surface area contributed by atoms with Gasteiger partial charge in [-0.2, -0.15) is 4.99 Å². The molecule has 4 rings (SSSR count). The van der Waals surface area contributed by atoms with Crippen molar-refractivity contribution in [2.75, 3.05) is 0 Å². The molecule has 0 aliphatic carbocycles. The monoisotopic (exact) mass is 384 g/mol. The van der Waals surface area contributed by atoms with Gasteiger partial charge in [0.05, 0.1) is 11.4 Å². The Morgan fingerprint density at radius 1 is 0.857 bits per heavy atom. The highest BCUT2D eigenvalue weighted by atomic mass is 32.1. The lowest BCUT2D eigenvalue weighted by atomic mass is 10.1. The normalized spacial score (nSPS) is 11.6. The van der Waals surface area contributed by atoms with Crippen molar-refractivity contribution >= 4 is 17.2 Å². The Bertz CT molecular complexity index is 1190. The first-order valence-corrected chi connectivity index (χ1v) is 9.99. The third-order valence-corrected chi connectivity index (χ3v) is 5.46. The molecule has 0 saturated heterocycles. The van der Waals surface area contributed by atoms with Crippen LogP contribution in [-0.2, 0) is 0 Å². The first kappa shape index (κ1) is 18.1. The van der Waals surface area contributed by atoms with Crippen LogP contribution >= 0.6 is 11.3 Å². The second-order valence-electron chi connectivity index (χ2n) is 6.67. The summed E-state index contributed by atoms with van der Waals surface area (Å²) < 4.78 is 2.07. The summed E-state index contributed by atoms with van der Waals surface area (Å²) in [5.41, 5.74) is 5.98. The largest absolute Gasteiger partial charge is 0.285 e. The topological polar surface area (TPSA) is 34.4 Å². The van der Waals surface area contributed by atoms with E-state index in [1.54, 1.807) is 0 Å². The molecule has 0 unspecified atom stereocenters. The van der Waals surface area contributed by atoms with Crippen molar-refractivity contribution < 1.29 is 4.79 Å². The molecule has 0 bridgehead atoms. The first-order chi connectivity index (χ1) is 13.6. The molecule has 1 aromatic heterocycles. The van der Waals surface area contributed by atoms with Gasteiger partial charge in [-0.25, -0.2) is 0 Å². The smallest absolute Gasteiger partial charge is 0.279 e. The highest BCUT2D eigenvalue weighted by Crippen LogP contribution is 2.24. The molecule has 28 heavy (non-hydrogen) atoms. The molecule has 3 aromatic carbocycles. The second kappa shape index (κ2) is 7.79. The molecule has 0 fully saturated rings. The zero-order valence-electron chi connectivity index (χ0n) is 15.8. The molecule has 1 amide bonds. The molecule has 1 heterocycles. The minimum Gasteiger partial charge on any atom is -0.285 e. The van der Waals surface area contributed by atoms with Gasteiger partial charge in [0.1, 0.15) is 0 Å². The van der Waals surface area contributed by atoms with Crippen LogP contribution in [0.1, 0.15) is 21.5 Å². The summed E-state index contributed by atoms with van der Waals surface area (Å²) in [6.07, 6.45) is 0. The number of amides is 1. The van der Waals surface area contributed by atoms with E-state index >= 15 is 0 Å². The number of carbonyl (C=O) groups excluding carboxylic acids is 1. The summed E-state index contributed by atoms with van der Waals surface area (Å²) in [4.78, 5) is 17.9. The lowest BCUT2D eigenvalue weighted by Crippen LogP contribution is -2.17. The van der Waals surface area contributed by atoms with E-state index in [-0.39, 0.29) is 5.91 Å². The Morgan fingerprint density at radius 3 is 2.25 bits per heavy atom. The number of nitrogens with zero attached hydrogens (tertiary/aromatic N) is 2. The van der Waals surface area contributed by atoms with E-state index in [4.69, 9.17) is 0 Å². The average Bonchev–Trinajstić information content (AvgIpc) is 3.13. The van der Waals surface area contributed by atoms with Crippen molar-refractivity contribution in [3.8, 4) is 16.9 Å². The maximum atomic E-state index is 12.8. The molecule has 138 valence electrons. The van der Waals surface area contributed by atoms with E-state index in [1.165, 1.54) is 11.3 Å². The van der Waals surface area contributed by atoms with Crippen LogP contribution in [-0.4, -0.2) is 10.5 Å². The zero-order valence-corrected chi connectivity index (χ0v) is 16.6. The number of aromatic nitrogens is 1. The Labute approximate surface area is 168 Å². The third kappa shape index (κ3) is 3.59. The summed E-state index contributed by atoms with van der Waals surface area (Å²) in [5, 5.41) is 2.06. The minimum atomic E-state index is -0.233. The van der Waals surface area contributed by atoms with E-state index in [9.17, 15) is 4.79 Å². The quantitative estimate of drug-likeness (QED) is 0.455. The number of hydrogen-bond acceptors (Lipinski definition) is 2. The van der Waals surface area contributed by atoms with Gasteiger partial charge in [-0.05, 0) is 43.2 Å². The van der Waals surface area contributed by atoms with Crippen LogP contribution in [0.5, 0.6) is 0 Å². The van der Waals surface area contributed by atoms with Gasteiger partial charge in [0.2, 0.25) is 0 Å². The summed E-state index contributed by atoms with van der Waals surface area (Å²) in [6.45, 7) is 4.07. The maximum Gasteiger partial charge on any atom is 0.279 e.